The lowest BCUT2D eigenvalue weighted by Gasteiger charge is -2.34. The number of aromatic nitrogens is 1. The van der Waals surface area contributed by atoms with Crippen LogP contribution >= 0.6 is 12.4 Å². The molecule has 1 aromatic carbocycles. The number of nitrogens with two attached hydrogens (primary N) is 1. The van der Waals surface area contributed by atoms with Crippen molar-refractivity contribution in [3.63, 3.8) is 0 Å². The second kappa shape index (κ2) is 9.45. The number of hydrogen-bond donors (Lipinski definition) is 2. The third kappa shape index (κ3) is 5.61. The molecule has 9 heteroatoms. The molecule has 1 saturated heterocycles. The van der Waals surface area contributed by atoms with Gasteiger partial charge < -0.3 is 16.0 Å². The lowest BCUT2D eigenvalue weighted by Crippen LogP contribution is -2.42. The van der Waals surface area contributed by atoms with E-state index < -0.39 is 11.7 Å². The molecule has 1 aromatic heterocycles. The second-order valence-electron chi connectivity index (χ2n) is 7.09. The van der Waals surface area contributed by atoms with Crippen LogP contribution in [0, 0.1) is 5.92 Å². The number of piperidine rings is 1. The number of carbonyl (C=O) groups excluding carboxylic acids is 1. The summed E-state index contributed by atoms with van der Waals surface area (Å²) in [5.74, 6) is 0.437. The highest BCUT2D eigenvalue weighted by molar-refractivity contribution is 5.99. The molecule has 2 aromatic rings. The summed E-state index contributed by atoms with van der Waals surface area (Å²) in [5.41, 5.74) is 5.74. The lowest BCUT2D eigenvalue weighted by atomic mass is 9.90. The number of rotatable bonds is 4. The van der Waals surface area contributed by atoms with Gasteiger partial charge in [-0.15, -0.1) is 12.4 Å². The number of nitrogens with one attached hydrogen (secondary N) is 1. The zero-order valence-corrected chi connectivity index (χ0v) is 16.8. The van der Waals surface area contributed by atoms with Crippen molar-refractivity contribution in [1.29, 1.82) is 0 Å². The summed E-state index contributed by atoms with van der Waals surface area (Å²) < 4.78 is 38.8. The minimum absolute atomic E-state index is 0. The van der Waals surface area contributed by atoms with Crippen LogP contribution < -0.4 is 11.1 Å². The van der Waals surface area contributed by atoms with Crippen molar-refractivity contribution >= 4 is 29.8 Å². The largest absolute Gasteiger partial charge is 0.416 e. The van der Waals surface area contributed by atoms with E-state index in [0.717, 1.165) is 25.0 Å². The van der Waals surface area contributed by atoms with E-state index in [0.29, 0.717) is 24.6 Å². The van der Waals surface area contributed by atoms with Gasteiger partial charge in [-0.2, -0.15) is 13.2 Å². The Morgan fingerprint density at radius 3 is 2.55 bits per heavy atom. The van der Waals surface area contributed by atoms with Crippen LogP contribution in [0.4, 0.5) is 24.7 Å². The molecule has 158 valence electrons. The summed E-state index contributed by atoms with van der Waals surface area (Å²) in [7, 11) is 0. The minimum atomic E-state index is -4.44. The highest BCUT2D eigenvalue weighted by atomic mass is 35.5. The summed E-state index contributed by atoms with van der Waals surface area (Å²) in [6.45, 7) is 3.17. The van der Waals surface area contributed by atoms with E-state index in [4.69, 9.17) is 5.73 Å². The summed E-state index contributed by atoms with van der Waals surface area (Å²) >= 11 is 0. The van der Waals surface area contributed by atoms with Gasteiger partial charge in [0.25, 0.3) is 5.91 Å². The first-order valence-corrected chi connectivity index (χ1v) is 9.20. The molecule has 0 bridgehead atoms. The van der Waals surface area contributed by atoms with E-state index in [2.05, 4.69) is 10.3 Å². The highest BCUT2D eigenvalue weighted by Gasteiger charge is 2.31. The van der Waals surface area contributed by atoms with Gasteiger partial charge in [0.2, 0.25) is 0 Å². The van der Waals surface area contributed by atoms with E-state index in [1.54, 1.807) is 17.0 Å². The smallest absolute Gasteiger partial charge is 0.340 e. The molecule has 0 aliphatic carbocycles. The Morgan fingerprint density at radius 1 is 1.24 bits per heavy atom. The zero-order chi connectivity index (χ0) is 20.3. The minimum Gasteiger partial charge on any atom is -0.340 e. The van der Waals surface area contributed by atoms with Gasteiger partial charge in [0.1, 0.15) is 5.82 Å². The number of anilines is 2. The van der Waals surface area contributed by atoms with Crippen molar-refractivity contribution in [2.24, 2.45) is 11.7 Å². The monoisotopic (exact) mass is 428 g/mol. The quantitative estimate of drug-likeness (QED) is 0.754. The molecule has 1 fully saturated rings. The Hall–Kier alpha value is -2.32. The molecule has 0 spiro atoms. The first-order chi connectivity index (χ1) is 13.3. The van der Waals surface area contributed by atoms with Gasteiger partial charge in [0.05, 0.1) is 11.1 Å². The number of likely N-dealkylation sites (tertiary alicyclic amines) is 1. The van der Waals surface area contributed by atoms with Crippen LogP contribution in [0.25, 0.3) is 0 Å². The van der Waals surface area contributed by atoms with Crippen molar-refractivity contribution < 1.29 is 18.0 Å². The molecule has 1 aliphatic rings. The fourth-order valence-electron chi connectivity index (χ4n) is 3.39. The molecular weight excluding hydrogens is 405 g/mol. The predicted octanol–water partition coefficient (Wildman–Crippen LogP) is 4.47. The highest BCUT2D eigenvalue weighted by Crippen LogP contribution is 2.32. The summed E-state index contributed by atoms with van der Waals surface area (Å²) in [5, 5.41) is 2.85. The topological polar surface area (TPSA) is 71.2 Å². The van der Waals surface area contributed by atoms with Gasteiger partial charge in [-0.3, -0.25) is 4.79 Å². The maximum atomic E-state index is 12.9. The summed E-state index contributed by atoms with van der Waals surface area (Å²) in [4.78, 5) is 18.9. The number of halogens is 4. The van der Waals surface area contributed by atoms with Gasteiger partial charge in [0, 0.05) is 31.0 Å². The molecular formula is C20H24ClF3N4O. The zero-order valence-electron chi connectivity index (χ0n) is 15.9. The van der Waals surface area contributed by atoms with Gasteiger partial charge in [0.15, 0.2) is 0 Å². The number of hydrogen-bond acceptors (Lipinski definition) is 4. The number of amides is 1. The van der Waals surface area contributed by atoms with Crippen molar-refractivity contribution in [1.82, 2.24) is 9.88 Å². The number of alkyl halides is 3. The van der Waals surface area contributed by atoms with Gasteiger partial charge in [-0.1, -0.05) is 6.07 Å². The van der Waals surface area contributed by atoms with E-state index >= 15 is 0 Å². The van der Waals surface area contributed by atoms with Crippen LogP contribution in [0.5, 0.6) is 0 Å². The average molecular weight is 429 g/mol. The third-order valence-corrected chi connectivity index (χ3v) is 5.06. The summed E-state index contributed by atoms with van der Waals surface area (Å²) in [6, 6.07) is 8.17. The van der Waals surface area contributed by atoms with E-state index in [-0.39, 0.29) is 35.9 Å². The van der Waals surface area contributed by atoms with Gasteiger partial charge in [-0.05, 0) is 56.0 Å². The van der Waals surface area contributed by atoms with Crippen LogP contribution in [0.15, 0.2) is 42.6 Å². The number of carbonyl (C=O) groups is 1. The Kier molecular flexibility index (Phi) is 7.48. The molecule has 5 nitrogen and oxygen atoms in total. The third-order valence-electron chi connectivity index (χ3n) is 5.06. The molecule has 3 N–H and O–H groups in total. The van der Waals surface area contributed by atoms with E-state index in [1.807, 2.05) is 6.92 Å². The van der Waals surface area contributed by atoms with E-state index in [1.165, 1.54) is 18.3 Å². The lowest BCUT2D eigenvalue weighted by molar-refractivity contribution is -0.137. The first kappa shape index (κ1) is 23.0. The Bertz CT molecular complexity index is 836. The van der Waals surface area contributed by atoms with Crippen molar-refractivity contribution in [2.45, 2.75) is 32.0 Å². The normalized spacial score (nSPS) is 16.1. The molecule has 1 atom stereocenters. The van der Waals surface area contributed by atoms with Crippen molar-refractivity contribution in [3.05, 3.63) is 53.7 Å². The SMILES string of the molecule is CC(N)C1CCN(C(=O)c2cccnc2Nc2cccc(C(F)(F)F)c2)CC1.Cl. The van der Waals surface area contributed by atoms with E-state index in [9.17, 15) is 18.0 Å². The Balaban J connectivity index is 0.00000300. The Labute approximate surface area is 173 Å². The maximum absolute atomic E-state index is 12.9. The van der Waals surface area contributed by atoms with Crippen molar-refractivity contribution in [2.75, 3.05) is 18.4 Å². The van der Waals surface area contributed by atoms with Gasteiger partial charge >= 0.3 is 6.18 Å². The number of benzene rings is 1. The first-order valence-electron chi connectivity index (χ1n) is 9.20. The molecule has 1 unspecified atom stereocenters. The fraction of sp³-hybridized carbons (Fsp3) is 0.400. The molecule has 0 saturated carbocycles. The predicted molar refractivity (Wildman–Crippen MR) is 108 cm³/mol. The van der Waals surface area contributed by atoms with Gasteiger partial charge in [-0.25, -0.2) is 4.98 Å². The summed E-state index contributed by atoms with van der Waals surface area (Å²) in [6.07, 6.45) is -1.28. The molecule has 1 amide bonds. The van der Waals surface area contributed by atoms with Crippen LogP contribution in [0.2, 0.25) is 0 Å². The molecule has 29 heavy (non-hydrogen) atoms. The molecule has 3 rings (SSSR count). The van der Waals surface area contributed by atoms with Crippen LogP contribution in [-0.2, 0) is 6.18 Å². The standard InChI is InChI=1S/C20H23F3N4O.ClH/c1-13(24)14-7-10-27(11-8-14)19(28)17-6-3-9-25-18(17)26-16-5-2-4-15(12-16)20(21,22)23;/h2-6,9,12-14H,7-8,10-11,24H2,1H3,(H,25,26);1H. The van der Waals surface area contributed by atoms with Crippen molar-refractivity contribution in [3.8, 4) is 0 Å². The number of nitrogens with zero attached hydrogens (tertiary/aromatic N) is 2. The molecule has 0 radical (unpaired) electrons. The van der Waals surface area contributed by atoms with Crippen LogP contribution in [-0.4, -0.2) is 34.9 Å². The fourth-order valence-corrected chi connectivity index (χ4v) is 3.39. The van der Waals surface area contributed by atoms with Crippen LogP contribution in [0.3, 0.4) is 0 Å². The maximum Gasteiger partial charge on any atom is 0.416 e. The molecule has 2 heterocycles. The Morgan fingerprint density at radius 2 is 1.93 bits per heavy atom. The number of pyridine rings is 1. The molecule has 1 aliphatic heterocycles. The average Bonchev–Trinajstić information content (AvgIpc) is 2.67. The second-order valence-corrected chi connectivity index (χ2v) is 7.09. The van der Waals surface area contributed by atoms with Crippen LogP contribution in [0.1, 0.15) is 35.7 Å².